The Morgan fingerprint density at radius 1 is 0.909 bits per heavy atom. The van der Waals surface area contributed by atoms with E-state index in [1.807, 2.05) is 0 Å². The first-order valence-corrected chi connectivity index (χ1v) is 12.9. The summed E-state index contributed by atoms with van der Waals surface area (Å²) in [6.07, 6.45) is 0.654. The number of para-hydroxylation sites is 1. The summed E-state index contributed by atoms with van der Waals surface area (Å²) >= 11 is 1.56. The van der Waals surface area contributed by atoms with E-state index in [9.17, 15) is 22.0 Å². The van der Waals surface area contributed by atoms with Crippen LogP contribution < -0.4 is 9.62 Å². The largest absolute Gasteiger partial charge is 0.354 e. The lowest BCUT2D eigenvalue weighted by molar-refractivity contribution is -0.119. The molecule has 0 aliphatic heterocycles. The van der Waals surface area contributed by atoms with Crippen molar-refractivity contribution >= 4 is 33.4 Å². The van der Waals surface area contributed by atoms with Gasteiger partial charge in [0, 0.05) is 12.3 Å². The number of hydrogen-bond donors (Lipinski definition) is 1. The predicted molar refractivity (Wildman–Crippen MR) is 128 cm³/mol. The van der Waals surface area contributed by atoms with Crippen molar-refractivity contribution in [2.45, 2.75) is 17.1 Å². The summed E-state index contributed by atoms with van der Waals surface area (Å²) in [5.41, 5.74) is 0.966. The predicted octanol–water partition coefficient (Wildman–Crippen LogP) is 4.60. The van der Waals surface area contributed by atoms with Crippen LogP contribution in [0.1, 0.15) is 12.0 Å². The maximum absolute atomic E-state index is 13.6. The fourth-order valence-electron chi connectivity index (χ4n) is 3.03. The number of carbonyl (C=O) groups excluding carboxylic acids is 1. The Morgan fingerprint density at radius 3 is 2.27 bits per heavy atom. The molecule has 5 nitrogen and oxygen atoms in total. The number of sulfonamides is 1. The fourth-order valence-corrected chi connectivity index (χ4v) is 5.40. The van der Waals surface area contributed by atoms with Crippen LogP contribution in [0, 0.1) is 11.6 Å². The van der Waals surface area contributed by atoms with Crippen LogP contribution in [-0.2, 0) is 20.6 Å². The molecule has 0 aromatic heterocycles. The van der Waals surface area contributed by atoms with Gasteiger partial charge in [0.15, 0.2) is 0 Å². The number of rotatable bonds is 11. The third kappa shape index (κ3) is 7.03. The molecule has 0 saturated heterocycles. The van der Waals surface area contributed by atoms with E-state index in [4.69, 9.17) is 0 Å². The quantitative estimate of drug-likeness (QED) is 0.399. The van der Waals surface area contributed by atoms with Gasteiger partial charge in [-0.1, -0.05) is 36.4 Å². The standard InChI is InChI=1S/C24H24F2N2O3S2/c25-20-11-13-22(14-12-20)33(30,31)28(21-8-2-1-3-9-21)17-24(29)27-15-6-16-32-18-19-7-4-5-10-23(19)26/h1-5,7-14H,6,15-18H2,(H,27,29). The summed E-state index contributed by atoms with van der Waals surface area (Å²) in [7, 11) is -4.07. The van der Waals surface area contributed by atoms with Gasteiger partial charge in [0.05, 0.1) is 10.6 Å². The lowest BCUT2D eigenvalue weighted by atomic mass is 10.2. The number of carbonyl (C=O) groups is 1. The summed E-state index contributed by atoms with van der Waals surface area (Å²) in [4.78, 5) is 12.4. The number of anilines is 1. The molecular formula is C24H24F2N2O3S2. The molecule has 0 fully saturated rings. The van der Waals surface area contributed by atoms with Crippen molar-refractivity contribution < 1.29 is 22.0 Å². The first-order chi connectivity index (χ1) is 15.9. The lowest BCUT2D eigenvalue weighted by Gasteiger charge is -2.24. The molecule has 0 unspecified atom stereocenters. The third-order valence-corrected chi connectivity index (χ3v) is 7.62. The van der Waals surface area contributed by atoms with Gasteiger partial charge in [-0.3, -0.25) is 9.10 Å². The molecule has 1 amide bonds. The van der Waals surface area contributed by atoms with Crippen LogP contribution in [-0.4, -0.2) is 33.2 Å². The minimum atomic E-state index is -4.07. The molecule has 0 radical (unpaired) electrons. The average molecular weight is 491 g/mol. The maximum atomic E-state index is 13.6. The number of nitrogens with one attached hydrogen (secondary N) is 1. The number of halogens is 2. The lowest BCUT2D eigenvalue weighted by Crippen LogP contribution is -2.41. The molecule has 3 aromatic carbocycles. The zero-order valence-electron chi connectivity index (χ0n) is 17.8. The molecular weight excluding hydrogens is 466 g/mol. The topological polar surface area (TPSA) is 66.5 Å². The van der Waals surface area contributed by atoms with Crippen LogP contribution in [0.4, 0.5) is 14.5 Å². The van der Waals surface area contributed by atoms with E-state index in [0.29, 0.717) is 35.7 Å². The van der Waals surface area contributed by atoms with E-state index >= 15 is 0 Å². The molecule has 0 saturated carbocycles. The highest BCUT2D eigenvalue weighted by atomic mass is 32.2. The van der Waals surface area contributed by atoms with Crippen molar-refractivity contribution in [1.82, 2.24) is 5.32 Å². The first-order valence-electron chi connectivity index (χ1n) is 10.3. The molecule has 3 rings (SSSR count). The number of nitrogens with zero attached hydrogens (tertiary/aromatic N) is 1. The van der Waals surface area contributed by atoms with Crippen LogP contribution in [0.5, 0.6) is 0 Å². The summed E-state index contributed by atoms with van der Waals surface area (Å²) in [6, 6.07) is 19.3. The summed E-state index contributed by atoms with van der Waals surface area (Å²) in [6.45, 7) is -0.0472. The van der Waals surface area contributed by atoms with E-state index in [1.54, 1.807) is 60.3 Å². The second-order valence-electron chi connectivity index (χ2n) is 7.15. The van der Waals surface area contributed by atoms with Crippen LogP contribution in [0.3, 0.4) is 0 Å². The van der Waals surface area contributed by atoms with E-state index in [-0.39, 0.29) is 10.7 Å². The van der Waals surface area contributed by atoms with E-state index in [1.165, 1.54) is 18.2 Å². The molecule has 0 spiro atoms. The Kier molecular flexibility index (Phi) is 8.85. The van der Waals surface area contributed by atoms with Crippen LogP contribution in [0.2, 0.25) is 0 Å². The highest BCUT2D eigenvalue weighted by Crippen LogP contribution is 2.23. The Bertz CT molecular complexity index is 1160. The van der Waals surface area contributed by atoms with Crippen molar-refractivity contribution in [3.8, 4) is 0 Å². The monoisotopic (exact) mass is 490 g/mol. The molecule has 9 heteroatoms. The van der Waals surface area contributed by atoms with Crippen LogP contribution in [0.15, 0.2) is 83.8 Å². The summed E-state index contributed by atoms with van der Waals surface area (Å²) < 4.78 is 54.2. The number of amides is 1. The van der Waals surface area contributed by atoms with E-state index in [2.05, 4.69) is 5.32 Å². The van der Waals surface area contributed by atoms with Gasteiger partial charge in [0.2, 0.25) is 5.91 Å². The molecule has 0 bridgehead atoms. The highest BCUT2D eigenvalue weighted by Gasteiger charge is 2.27. The van der Waals surface area contributed by atoms with Gasteiger partial charge in [-0.2, -0.15) is 11.8 Å². The van der Waals surface area contributed by atoms with Gasteiger partial charge in [-0.15, -0.1) is 0 Å². The van der Waals surface area contributed by atoms with Crippen molar-refractivity contribution in [3.63, 3.8) is 0 Å². The maximum Gasteiger partial charge on any atom is 0.264 e. The molecule has 0 heterocycles. The van der Waals surface area contributed by atoms with E-state index in [0.717, 1.165) is 16.4 Å². The van der Waals surface area contributed by atoms with Crippen molar-refractivity contribution in [3.05, 3.63) is 96.1 Å². The van der Waals surface area contributed by atoms with Crippen molar-refractivity contribution in [1.29, 1.82) is 0 Å². The third-order valence-electron chi connectivity index (χ3n) is 4.74. The zero-order valence-corrected chi connectivity index (χ0v) is 19.4. The van der Waals surface area contributed by atoms with E-state index < -0.39 is 28.3 Å². The minimum Gasteiger partial charge on any atom is -0.354 e. The second-order valence-corrected chi connectivity index (χ2v) is 10.1. The highest BCUT2D eigenvalue weighted by molar-refractivity contribution is 7.98. The first kappa shape index (κ1) is 24.7. The minimum absolute atomic E-state index is 0.106. The van der Waals surface area contributed by atoms with Crippen LogP contribution >= 0.6 is 11.8 Å². The van der Waals surface area contributed by atoms with Gasteiger partial charge in [-0.05, 0) is 60.2 Å². The smallest absolute Gasteiger partial charge is 0.264 e. The molecule has 0 atom stereocenters. The SMILES string of the molecule is O=C(CN(c1ccccc1)S(=O)(=O)c1ccc(F)cc1)NCCCSCc1ccccc1F. The number of thioether (sulfide) groups is 1. The zero-order chi connectivity index (χ0) is 23.7. The second kappa shape index (κ2) is 11.8. The average Bonchev–Trinajstić information content (AvgIpc) is 2.81. The number of benzene rings is 3. The Hall–Kier alpha value is -2.91. The van der Waals surface area contributed by atoms with Gasteiger partial charge >= 0.3 is 0 Å². The molecule has 0 aliphatic carbocycles. The summed E-state index contributed by atoms with van der Waals surface area (Å²) in [5.74, 6) is 0.0135. The molecule has 33 heavy (non-hydrogen) atoms. The van der Waals surface area contributed by atoms with Gasteiger partial charge in [0.25, 0.3) is 10.0 Å². The fraction of sp³-hybridized carbons (Fsp3) is 0.208. The van der Waals surface area contributed by atoms with Crippen molar-refractivity contribution in [2.75, 3.05) is 23.1 Å². The Labute approximate surface area is 196 Å². The molecule has 174 valence electrons. The summed E-state index contributed by atoms with van der Waals surface area (Å²) in [5, 5.41) is 2.73. The molecule has 3 aromatic rings. The molecule has 0 aliphatic rings. The normalized spacial score (nSPS) is 11.2. The number of hydrogen-bond acceptors (Lipinski definition) is 4. The molecule has 1 N–H and O–H groups in total. The Balaban J connectivity index is 1.56. The van der Waals surface area contributed by atoms with Gasteiger partial charge in [0.1, 0.15) is 18.2 Å². The Morgan fingerprint density at radius 2 is 1.58 bits per heavy atom. The van der Waals surface area contributed by atoms with Gasteiger partial charge < -0.3 is 5.32 Å². The van der Waals surface area contributed by atoms with Crippen LogP contribution in [0.25, 0.3) is 0 Å². The van der Waals surface area contributed by atoms with Gasteiger partial charge in [-0.25, -0.2) is 17.2 Å². The van der Waals surface area contributed by atoms with Crippen molar-refractivity contribution in [2.24, 2.45) is 0 Å².